The second kappa shape index (κ2) is 4.64. The SMILES string of the molecule is CCC1(CC)C(=O)NC(=O)N1CCS(C)(=O)=O. The molecule has 0 aliphatic carbocycles. The van der Waals surface area contributed by atoms with E-state index in [-0.39, 0.29) is 18.2 Å². The van der Waals surface area contributed by atoms with E-state index in [0.717, 1.165) is 6.26 Å². The van der Waals surface area contributed by atoms with E-state index >= 15 is 0 Å². The summed E-state index contributed by atoms with van der Waals surface area (Å²) in [5.74, 6) is -0.462. The molecule has 1 N–H and O–H groups in total. The summed E-state index contributed by atoms with van der Waals surface area (Å²) in [4.78, 5) is 24.8. The van der Waals surface area contributed by atoms with Crippen molar-refractivity contribution >= 4 is 21.8 Å². The van der Waals surface area contributed by atoms with Crippen LogP contribution in [0.4, 0.5) is 4.79 Å². The molecule has 1 fully saturated rings. The molecule has 0 aromatic rings. The molecule has 98 valence electrons. The molecule has 0 spiro atoms. The van der Waals surface area contributed by atoms with Crippen LogP contribution in [0, 0.1) is 0 Å². The van der Waals surface area contributed by atoms with Gasteiger partial charge in [0.15, 0.2) is 0 Å². The molecule has 1 saturated heterocycles. The minimum Gasteiger partial charge on any atom is -0.309 e. The molecule has 0 saturated carbocycles. The lowest BCUT2D eigenvalue weighted by atomic mass is 9.91. The molecule has 0 radical (unpaired) electrons. The van der Waals surface area contributed by atoms with Gasteiger partial charge in [-0.3, -0.25) is 10.1 Å². The summed E-state index contributed by atoms with van der Waals surface area (Å²) in [6.07, 6.45) is 2.07. The first-order chi connectivity index (χ1) is 7.77. The smallest absolute Gasteiger partial charge is 0.309 e. The van der Waals surface area contributed by atoms with Crippen LogP contribution < -0.4 is 5.32 Å². The molecule has 0 aromatic carbocycles. The number of imide groups is 1. The van der Waals surface area contributed by atoms with Crippen LogP contribution in [0.2, 0.25) is 0 Å². The Bertz CT molecular complexity index is 426. The van der Waals surface area contributed by atoms with Crippen molar-refractivity contribution in [1.29, 1.82) is 0 Å². The topological polar surface area (TPSA) is 83.6 Å². The van der Waals surface area contributed by atoms with Crippen molar-refractivity contribution in [1.82, 2.24) is 10.2 Å². The molecule has 0 unspecified atom stereocenters. The zero-order valence-corrected chi connectivity index (χ0v) is 11.1. The number of amides is 3. The Morgan fingerprint density at radius 2 is 1.76 bits per heavy atom. The molecule has 1 rings (SSSR count). The highest BCUT2D eigenvalue weighted by atomic mass is 32.2. The van der Waals surface area contributed by atoms with Crippen LogP contribution in [0.3, 0.4) is 0 Å². The Kier molecular flexibility index (Phi) is 3.81. The molecule has 1 heterocycles. The molecular formula is C10H18N2O4S. The maximum Gasteiger partial charge on any atom is 0.325 e. The molecule has 6 nitrogen and oxygen atoms in total. The van der Waals surface area contributed by atoms with Gasteiger partial charge in [-0.05, 0) is 12.8 Å². The van der Waals surface area contributed by atoms with Gasteiger partial charge >= 0.3 is 6.03 Å². The summed E-state index contributed by atoms with van der Waals surface area (Å²) in [6.45, 7) is 3.68. The lowest BCUT2D eigenvalue weighted by molar-refractivity contribution is -0.126. The Hall–Kier alpha value is -1.11. The van der Waals surface area contributed by atoms with Crippen molar-refractivity contribution in [3.63, 3.8) is 0 Å². The third-order valence-electron chi connectivity index (χ3n) is 3.26. The molecule has 1 aliphatic heterocycles. The molecule has 0 aromatic heterocycles. The van der Waals surface area contributed by atoms with Crippen LogP contribution >= 0.6 is 0 Å². The van der Waals surface area contributed by atoms with Crippen LogP contribution in [0.25, 0.3) is 0 Å². The highest BCUT2D eigenvalue weighted by Crippen LogP contribution is 2.28. The number of hydrogen-bond acceptors (Lipinski definition) is 4. The van der Waals surface area contributed by atoms with Gasteiger partial charge in [-0.25, -0.2) is 13.2 Å². The van der Waals surface area contributed by atoms with Crippen molar-refractivity contribution in [2.75, 3.05) is 18.6 Å². The number of carbonyl (C=O) groups excluding carboxylic acids is 2. The highest BCUT2D eigenvalue weighted by molar-refractivity contribution is 7.90. The van der Waals surface area contributed by atoms with E-state index in [1.165, 1.54) is 4.90 Å². The predicted octanol–water partition coefficient (Wildman–Crippen LogP) is 0.142. The summed E-state index contributed by atoms with van der Waals surface area (Å²) in [5, 5.41) is 2.25. The number of hydrogen-bond donors (Lipinski definition) is 1. The average Bonchev–Trinajstić information content (AvgIpc) is 2.45. The zero-order chi connectivity index (χ0) is 13.3. The van der Waals surface area contributed by atoms with Gasteiger partial charge in [-0.15, -0.1) is 0 Å². The standard InChI is InChI=1S/C10H18N2O4S/c1-4-10(5-2)8(13)11-9(14)12(10)6-7-17(3,15)16/h4-7H2,1-3H3,(H,11,13,14). The van der Waals surface area contributed by atoms with E-state index in [9.17, 15) is 18.0 Å². The van der Waals surface area contributed by atoms with E-state index in [0.29, 0.717) is 12.8 Å². The van der Waals surface area contributed by atoms with Crippen LogP contribution in [-0.2, 0) is 14.6 Å². The highest BCUT2D eigenvalue weighted by Gasteiger charge is 2.50. The Morgan fingerprint density at radius 1 is 1.24 bits per heavy atom. The van der Waals surface area contributed by atoms with Crippen molar-refractivity contribution in [3.8, 4) is 0 Å². The van der Waals surface area contributed by atoms with E-state index in [1.54, 1.807) is 0 Å². The third-order valence-corrected chi connectivity index (χ3v) is 4.18. The van der Waals surface area contributed by atoms with Crippen molar-refractivity contribution in [2.24, 2.45) is 0 Å². The Labute approximate surface area is 101 Å². The van der Waals surface area contributed by atoms with Crippen LogP contribution in [0.5, 0.6) is 0 Å². The monoisotopic (exact) mass is 262 g/mol. The lowest BCUT2D eigenvalue weighted by Crippen LogP contribution is -2.50. The van der Waals surface area contributed by atoms with Gasteiger partial charge in [0.1, 0.15) is 15.4 Å². The van der Waals surface area contributed by atoms with Crippen molar-refractivity contribution < 1.29 is 18.0 Å². The average molecular weight is 262 g/mol. The van der Waals surface area contributed by atoms with Gasteiger partial charge in [-0.2, -0.15) is 0 Å². The normalized spacial score (nSPS) is 19.6. The van der Waals surface area contributed by atoms with E-state index in [1.807, 2.05) is 13.8 Å². The largest absolute Gasteiger partial charge is 0.325 e. The van der Waals surface area contributed by atoms with Crippen molar-refractivity contribution in [3.05, 3.63) is 0 Å². The summed E-state index contributed by atoms with van der Waals surface area (Å²) in [7, 11) is -3.15. The summed E-state index contributed by atoms with van der Waals surface area (Å²) in [6, 6.07) is -0.498. The molecule has 3 amide bonds. The first kappa shape index (κ1) is 14.0. The minimum atomic E-state index is -3.15. The fourth-order valence-corrected chi connectivity index (χ4v) is 2.64. The number of nitrogens with one attached hydrogen (secondary N) is 1. The summed E-state index contributed by atoms with van der Waals surface area (Å²) < 4.78 is 22.2. The Balaban J connectivity index is 2.94. The number of carbonyl (C=O) groups is 2. The number of urea groups is 1. The van der Waals surface area contributed by atoms with Crippen LogP contribution in [0.1, 0.15) is 26.7 Å². The molecule has 17 heavy (non-hydrogen) atoms. The van der Waals surface area contributed by atoms with Gasteiger partial charge in [-0.1, -0.05) is 13.8 Å². The first-order valence-corrected chi connectivity index (χ1v) is 7.63. The van der Waals surface area contributed by atoms with Gasteiger partial charge in [0.05, 0.1) is 5.75 Å². The molecule has 1 aliphatic rings. The fourth-order valence-electron chi connectivity index (χ4n) is 2.12. The quantitative estimate of drug-likeness (QED) is 0.714. The van der Waals surface area contributed by atoms with E-state index < -0.39 is 21.4 Å². The summed E-state index contributed by atoms with van der Waals surface area (Å²) in [5.41, 5.74) is -0.887. The zero-order valence-electron chi connectivity index (χ0n) is 10.3. The van der Waals surface area contributed by atoms with Gasteiger partial charge in [0.25, 0.3) is 5.91 Å². The molecule has 7 heteroatoms. The maximum atomic E-state index is 11.8. The van der Waals surface area contributed by atoms with Gasteiger partial charge in [0, 0.05) is 12.8 Å². The maximum absolute atomic E-state index is 11.8. The molecule has 0 atom stereocenters. The third kappa shape index (κ3) is 2.59. The van der Waals surface area contributed by atoms with Crippen molar-refractivity contribution in [2.45, 2.75) is 32.2 Å². The van der Waals surface area contributed by atoms with Crippen LogP contribution in [-0.4, -0.2) is 49.3 Å². The summed E-state index contributed by atoms with van der Waals surface area (Å²) >= 11 is 0. The minimum absolute atomic E-state index is 0.0537. The van der Waals surface area contributed by atoms with Gasteiger partial charge in [0.2, 0.25) is 0 Å². The lowest BCUT2D eigenvalue weighted by Gasteiger charge is -2.33. The first-order valence-electron chi connectivity index (χ1n) is 5.57. The van der Waals surface area contributed by atoms with Crippen LogP contribution in [0.15, 0.2) is 0 Å². The van der Waals surface area contributed by atoms with E-state index in [2.05, 4.69) is 5.32 Å². The van der Waals surface area contributed by atoms with Gasteiger partial charge < -0.3 is 4.90 Å². The van der Waals surface area contributed by atoms with E-state index in [4.69, 9.17) is 0 Å². The number of sulfone groups is 1. The Morgan fingerprint density at radius 3 is 2.18 bits per heavy atom. The molecule has 0 bridgehead atoms. The second-order valence-corrected chi connectivity index (χ2v) is 6.54. The predicted molar refractivity (Wildman–Crippen MR) is 63.3 cm³/mol. The number of nitrogens with zero attached hydrogens (tertiary/aromatic N) is 1. The fraction of sp³-hybridized carbons (Fsp3) is 0.800. The number of rotatable bonds is 5. The molecular weight excluding hydrogens is 244 g/mol. The second-order valence-electron chi connectivity index (χ2n) is 4.28.